The Balaban J connectivity index is 2.02. The summed E-state index contributed by atoms with van der Waals surface area (Å²) in [5, 5.41) is 9.64. The molecule has 0 spiro atoms. The van der Waals surface area contributed by atoms with Crippen molar-refractivity contribution in [1.29, 1.82) is 0 Å². The van der Waals surface area contributed by atoms with Gasteiger partial charge in [0.1, 0.15) is 6.04 Å². The summed E-state index contributed by atoms with van der Waals surface area (Å²) < 4.78 is 0. The van der Waals surface area contributed by atoms with Crippen LogP contribution < -0.4 is 0 Å². The molecule has 2 unspecified atom stereocenters. The number of piperidine rings is 1. The van der Waals surface area contributed by atoms with Gasteiger partial charge >= 0.3 is 5.97 Å². The molecule has 2 aromatic heterocycles. The lowest BCUT2D eigenvalue weighted by atomic mass is 9.97. The van der Waals surface area contributed by atoms with Gasteiger partial charge in [0.15, 0.2) is 0 Å². The van der Waals surface area contributed by atoms with Crippen LogP contribution in [0.25, 0.3) is 0 Å². The zero-order chi connectivity index (χ0) is 16.2. The van der Waals surface area contributed by atoms with E-state index in [9.17, 15) is 9.90 Å². The highest BCUT2D eigenvalue weighted by molar-refractivity contribution is 7.12. The molecular formula is C18H22N2O2S. The number of carboxylic acids is 1. The Morgan fingerprint density at radius 2 is 2.26 bits per heavy atom. The summed E-state index contributed by atoms with van der Waals surface area (Å²) in [6, 6.07) is 9.67. The van der Waals surface area contributed by atoms with Crippen molar-refractivity contribution in [3.8, 4) is 0 Å². The van der Waals surface area contributed by atoms with Crippen LogP contribution in [-0.4, -0.2) is 33.5 Å². The van der Waals surface area contributed by atoms with Gasteiger partial charge in [-0.05, 0) is 43.5 Å². The normalized spacial score (nSPS) is 20.3. The first kappa shape index (κ1) is 16.1. The van der Waals surface area contributed by atoms with Gasteiger partial charge < -0.3 is 5.11 Å². The number of aromatic nitrogens is 1. The predicted octanol–water partition coefficient (Wildman–Crippen LogP) is 3.73. The molecule has 3 rings (SSSR count). The number of aryl methyl sites for hydroxylation is 1. The summed E-state index contributed by atoms with van der Waals surface area (Å²) in [4.78, 5) is 20.9. The smallest absolute Gasteiger partial charge is 0.320 e. The second-order valence-corrected chi connectivity index (χ2v) is 7.10. The van der Waals surface area contributed by atoms with E-state index in [-0.39, 0.29) is 6.04 Å². The van der Waals surface area contributed by atoms with Crippen molar-refractivity contribution in [3.05, 3.63) is 52.0 Å². The van der Waals surface area contributed by atoms with E-state index < -0.39 is 12.0 Å². The van der Waals surface area contributed by atoms with Crippen LogP contribution in [0.2, 0.25) is 0 Å². The van der Waals surface area contributed by atoms with E-state index in [0.717, 1.165) is 31.5 Å². The highest BCUT2D eigenvalue weighted by Gasteiger charge is 2.36. The summed E-state index contributed by atoms with van der Waals surface area (Å²) in [7, 11) is 0. The number of carbonyl (C=O) groups is 1. The van der Waals surface area contributed by atoms with Gasteiger partial charge in [-0.25, -0.2) is 0 Å². The van der Waals surface area contributed by atoms with Crippen LogP contribution in [0.4, 0.5) is 0 Å². The highest BCUT2D eigenvalue weighted by Crippen LogP contribution is 2.36. The second kappa shape index (κ2) is 7.23. The number of carboxylic acid groups (broad SMARTS) is 1. The quantitative estimate of drug-likeness (QED) is 0.907. The van der Waals surface area contributed by atoms with E-state index in [1.807, 2.05) is 18.2 Å². The molecule has 0 bridgehead atoms. The van der Waals surface area contributed by atoms with Crippen LogP contribution in [0.15, 0.2) is 36.5 Å². The van der Waals surface area contributed by atoms with E-state index in [2.05, 4.69) is 28.9 Å². The van der Waals surface area contributed by atoms with E-state index in [1.54, 1.807) is 17.5 Å². The van der Waals surface area contributed by atoms with Crippen LogP contribution in [-0.2, 0) is 11.2 Å². The monoisotopic (exact) mass is 330 g/mol. The fraction of sp³-hybridized carbons (Fsp3) is 0.444. The molecule has 2 atom stereocenters. The molecule has 23 heavy (non-hydrogen) atoms. The molecule has 2 aromatic rings. The van der Waals surface area contributed by atoms with Crippen LogP contribution in [0.3, 0.4) is 0 Å². The minimum atomic E-state index is -0.724. The lowest BCUT2D eigenvalue weighted by Crippen LogP contribution is -2.46. The first-order chi connectivity index (χ1) is 11.2. The average molecular weight is 330 g/mol. The van der Waals surface area contributed by atoms with Gasteiger partial charge in [0.2, 0.25) is 0 Å². The molecule has 1 fully saturated rings. The summed E-state index contributed by atoms with van der Waals surface area (Å²) in [5.74, 6) is -0.724. The van der Waals surface area contributed by atoms with Crippen molar-refractivity contribution in [3.63, 3.8) is 0 Å². The lowest BCUT2D eigenvalue weighted by molar-refractivity contribution is -0.145. The molecule has 0 radical (unpaired) electrons. The van der Waals surface area contributed by atoms with Crippen molar-refractivity contribution >= 4 is 17.3 Å². The van der Waals surface area contributed by atoms with Gasteiger partial charge in [0.05, 0.1) is 11.7 Å². The molecule has 1 aliphatic rings. The Hall–Kier alpha value is -1.72. The minimum Gasteiger partial charge on any atom is -0.480 e. The first-order valence-electron chi connectivity index (χ1n) is 8.18. The standard InChI is InChI=1S/C18H22N2O2S/c1-2-13-9-10-16(23-13)17(14-7-3-5-11-19-14)20-12-6-4-8-15(20)18(21)22/h3,5,7,9-11,15,17H,2,4,6,8,12H2,1H3,(H,21,22). The van der Waals surface area contributed by atoms with Crippen molar-refractivity contribution < 1.29 is 9.90 Å². The molecule has 3 heterocycles. The van der Waals surface area contributed by atoms with Gasteiger partial charge in [-0.3, -0.25) is 14.7 Å². The number of hydrogen-bond acceptors (Lipinski definition) is 4. The summed E-state index contributed by atoms with van der Waals surface area (Å²) in [6.45, 7) is 2.95. The van der Waals surface area contributed by atoms with E-state index >= 15 is 0 Å². The Bertz CT molecular complexity index is 656. The van der Waals surface area contributed by atoms with Crippen molar-refractivity contribution in [1.82, 2.24) is 9.88 Å². The van der Waals surface area contributed by atoms with Crippen LogP contribution in [0.1, 0.15) is 47.7 Å². The number of nitrogens with zero attached hydrogens (tertiary/aromatic N) is 2. The molecule has 0 amide bonds. The van der Waals surface area contributed by atoms with Crippen LogP contribution in [0, 0.1) is 0 Å². The van der Waals surface area contributed by atoms with Crippen molar-refractivity contribution in [2.75, 3.05) is 6.54 Å². The van der Waals surface area contributed by atoms with Gasteiger partial charge in [-0.15, -0.1) is 11.3 Å². The number of rotatable bonds is 5. The maximum Gasteiger partial charge on any atom is 0.320 e. The van der Waals surface area contributed by atoms with E-state index in [1.165, 1.54) is 9.75 Å². The number of aliphatic carboxylic acids is 1. The number of thiophene rings is 1. The molecule has 0 aromatic carbocycles. The zero-order valence-electron chi connectivity index (χ0n) is 13.3. The van der Waals surface area contributed by atoms with Gasteiger partial charge in [-0.2, -0.15) is 0 Å². The highest BCUT2D eigenvalue weighted by atomic mass is 32.1. The molecule has 0 aliphatic carbocycles. The maximum absolute atomic E-state index is 11.7. The Kier molecular flexibility index (Phi) is 5.08. The van der Waals surface area contributed by atoms with Crippen molar-refractivity contribution in [2.24, 2.45) is 0 Å². The Morgan fingerprint density at radius 3 is 2.91 bits per heavy atom. The summed E-state index contributed by atoms with van der Waals surface area (Å²) in [6.07, 6.45) is 5.52. The zero-order valence-corrected chi connectivity index (χ0v) is 14.1. The molecule has 1 saturated heterocycles. The van der Waals surface area contributed by atoms with Gasteiger partial charge in [0.25, 0.3) is 0 Å². The topological polar surface area (TPSA) is 53.4 Å². The van der Waals surface area contributed by atoms with Gasteiger partial charge in [-0.1, -0.05) is 19.4 Å². The van der Waals surface area contributed by atoms with Crippen molar-refractivity contribution in [2.45, 2.75) is 44.7 Å². The Labute approximate surface area is 140 Å². The maximum atomic E-state index is 11.7. The van der Waals surface area contributed by atoms with E-state index in [0.29, 0.717) is 6.42 Å². The molecule has 0 saturated carbocycles. The molecule has 122 valence electrons. The third-order valence-electron chi connectivity index (χ3n) is 4.43. The predicted molar refractivity (Wildman–Crippen MR) is 91.8 cm³/mol. The fourth-order valence-corrected chi connectivity index (χ4v) is 4.36. The Morgan fingerprint density at radius 1 is 1.39 bits per heavy atom. The number of pyridine rings is 1. The molecule has 5 heteroatoms. The molecule has 1 N–H and O–H groups in total. The SMILES string of the molecule is CCc1ccc(C(c2ccccn2)N2CCCCC2C(=O)O)s1. The first-order valence-corrected chi connectivity index (χ1v) is 9.00. The minimum absolute atomic E-state index is 0.0668. The second-order valence-electron chi connectivity index (χ2n) is 5.90. The van der Waals surface area contributed by atoms with Crippen LogP contribution in [0.5, 0.6) is 0 Å². The average Bonchev–Trinajstić information content (AvgIpc) is 3.05. The van der Waals surface area contributed by atoms with Crippen LogP contribution >= 0.6 is 11.3 Å². The summed E-state index contributed by atoms with van der Waals surface area (Å²) in [5.41, 5.74) is 0.935. The molecular weight excluding hydrogens is 308 g/mol. The third-order valence-corrected chi connectivity index (χ3v) is 5.71. The fourth-order valence-electron chi connectivity index (χ4n) is 3.28. The lowest BCUT2D eigenvalue weighted by Gasteiger charge is -2.38. The number of likely N-dealkylation sites (tertiary alicyclic amines) is 1. The largest absolute Gasteiger partial charge is 0.480 e. The van der Waals surface area contributed by atoms with E-state index in [4.69, 9.17) is 0 Å². The van der Waals surface area contributed by atoms with Gasteiger partial charge in [0, 0.05) is 22.5 Å². The third kappa shape index (κ3) is 3.46. The number of hydrogen-bond donors (Lipinski definition) is 1. The molecule has 4 nitrogen and oxygen atoms in total. The molecule has 1 aliphatic heterocycles. The summed E-state index contributed by atoms with van der Waals surface area (Å²) >= 11 is 1.77.